The van der Waals surface area contributed by atoms with Crippen molar-refractivity contribution in [3.63, 3.8) is 0 Å². The van der Waals surface area contributed by atoms with Crippen LogP contribution in [0.15, 0.2) is 12.2 Å². The molecule has 0 aromatic carbocycles. The Morgan fingerprint density at radius 1 is 1.58 bits per heavy atom. The van der Waals surface area contributed by atoms with E-state index in [2.05, 4.69) is 6.58 Å². The molecular formula is C10H16O2. The van der Waals surface area contributed by atoms with Crippen LogP contribution in [0.1, 0.15) is 26.7 Å². The second-order valence-corrected chi connectivity index (χ2v) is 4.32. The summed E-state index contributed by atoms with van der Waals surface area (Å²) in [5.41, 5.74) is 0.956. The van der Waals surface area contributed by atoms with Crippen molar-refractivity contribution >= 4 is 0 Å². The molecule has 0 unspecified atom stereocenters. The quantitative estimate of drug-likeness (QED) is 0.475. The Kier molecular flexibility index (Phi) is 1.61. The second-order valence-electron chi connectivity index (χ2n) is 4.32. The summed E-state index contributed by atoms with van der Waals surface area (Å²) >= 11 is 0. The highest BCUT2D eigenvalue weighted by Crippen LogP contribution is 2.50. The first-order valence-electron chi connectivity index (χ1n) is 4.55. The van der Waals surface area contributed by atoms with Crippen LogP contribution in [0.25, 0.3) is 0 Å². The Balaban J connectivity index is 2.06. The van der Waals surface area contributed by atoms with Gasteiger partial charge in [-0.15, -0.1) is 0 Å². The molecule has 1 saturated heterocycles. The molecule has 1 aliphatic heterocycles. The minimum Gasteiger partial charge on any atom is -0.390 e. The summed E-state index contributed by atoms with van der Waals surface area (Å²) in [6.07, 6.45) is 1.85. The van der Waals surface area contributed by atoms with Crippen molar-refractivity contribution in [3.05, 3.63) is 12.2 Å². The average molecular weight is 168 g/mol. The zero-order chi connectivity index (χ0) is 8.93. The summed E-state index contributed by atoms with van der Waals surface area (Å²) in [6, 6.07) is 0. The maximum absolute atomic E-state index is 9.73. The van der Waals surface area contributed by atoms with Gasteiger partial charge in [-0.25, -0.2) is 0 Å². The molecule has 4 atom stereocenters. The number of ether oxygens (including phenoxy) is 1. The van der Waals surface area contributed by atoms with Crippen LogP contribution >= 0.6 is 0 Å². The molecule has 1 aliphatic carbocycles. The summed E-state index contributed by atoms with van der Waals surface area (Å²) in [5, 5.41) is 9.73. The molecule has 2 rings (SSSR count). The summed E-state index contributed by atoms with van der Waals surface area (Å²) in [4.78, 5) is 0. The molecule has 1 N–H and O–H groups in total. The molecule has 1 heterocycles. The van der Waals surface area contributed by atoms with Crippen molar-refractivity contribution in [1.82, 2.24) is 0 Å². The molecule has 1 saturated carbocycles. The van der Waals surface area contributed by atoms with Gasteiger partial charge < -0.3 is 9.84 Å². The molecule has 0 radical (unpaired) electrons. The van der Waals surface area contributed by atoms with E-state index in [9.17, 15) is 5.11 Å². The fourth-order valence-corrected chi connectivity index (χ4v) is 2.11. The van der Waals surface area contributed by atoms with Crippen LogP contribution < -0.4 is 0 Å². The topological polar surface area (TPSA) is 32.8 Å². The molecule has 2 heteroatoms. The van der Waals surface area contributed by atoms with Crippen LogP contribution in [0.3, 0.4) is 0 Å². The number of aliphatic hydroxyl groups excluding tert-OH is 1. The number of aliphatic hydroxyl groups is 1. The third kappa shape index (κ3) is 1.02. The summed E-state index contributed by atoms with van der Waals surface area (Å²) < 4.78 is 5.47. The van der Waals surface area contributed by atoms with Gasteiger partial charge in [0.05, 0.1) is 12.2 Å². The minimum absolute atomic E-state index is 0.216. The highest BCUT2D eigenvalue weighted by atomic mass is 16.6. The minimum atomic E-state index is -0.294. The smallest absolute Gasteiger partial charge is 0.118 e. The van der Waals surface area contributed by atoms with Crippen LogP contribution in [-0.4, -0.2) is 22.9 Å². The first-order valence-corrected chi connectivity index (χ1v) is 4.55. The highest BCUT2D eigenvalue weighted by Gasteiger charge is 2.60. The molecular weight excluding hydrogens is 152 g/mol. The molecule has 2 nitrogen and oxygen atoms in total. The standard InChI is InChI=1S/C10H16O2/c1-6(2)7-4-8(11)10(3)9(5-7)12-10/h7-9,11H,1,4-5H2,2-3H3/t7-,8+,9-,10-/m1/s1. The van der Waals surface area contributed by atoms with Crippen molar-refractivity contribution in [2.75, 3.05) is 0 Å². The lowest BCUT2D eigenvalue weighted by Gasteiger charge is -2.27. The summed E-state index contributed by atoms with van der Waals surface area (Å²) in [7, 11) is 0. The Labute approximate surface area is 73.2 Å². The van der Waals surface area contributed by atoms with Crippen molar-refractivity contribution in [3.8, 4) is 0 Å². The maximum atomic E-state index is 9.73. The molecule has 2 fully saturated rings. The van der Waals surface area contributed by atoms with Gasteiger partial charge in [-0.1, -0.05) is 12.2 Å². The van der Waals surface area contributed by atoms with E-state index in [-0.39, 0.29) is 17.8 Å². The Morgan fingerprint density at radius 3 is 2.75 bits per heavy atom. The number of rotatable bonds is 1. The van der Waals surface area contributed by atoms with E-state index < -0.39 is 0 Å². The Hall–Kier alpha value is -0.340. The van der Waals surface area contributed by atoms with Crippen LogP contribution in [0.5, 0.6) is 0 Å². The SMILES string of the molecule is C=C(C)[C@@H]1C[C@H](O)[C@@]2(C)O[C@@H]2C1. The average Bonchev–Trinajstić information content (AvgIpc) is 2.62. The van der Waals surface area contributed by atoms with E-state index in [1.807, 2.05) is 13.8 Å². The fourth-order valence-electron chi connectivity index (χ4n) is 2.11. The number of allylic oxidation sites excluding steroid dienone is 1. The number of epoxide rings is 1. The van der Waals surface area contributed by atoms with Gasteiger partial charge in [0.15, 0.2) is 0 Å². The van der Waals surface area contributed by atoms with Gasteiger partial charge in [0.2, 0.25) is 0 Å². The lowest BCUT2D eigenvalue weighted by atomic mass is 9.78. The molecule has 12 heavy (non-hydrogen) atoms. The van der Waals surface area contributed by atoms with Gasteiger partial charge in [0.25, 0.3) is 0 Å². The third-order valence-corrected chi connectivity index (χ3v) is 3.34. The molecule has 0 bridgehead atoms. The molecule has 0 amide bonds. The predicted octanol–water partition coefficient (Wildman–Crippen LogP) is 1.49. The van der Waals surface area contributed by atoms with Gasteiger partial charge in [-0.3, -0.25) is 0 Å². The van der Waals surface area contributed by atoms with Gasteiger partial charge >= 0.3 is 0 Å². The number of hydrogen-bond acceptors (Lipinski definition) is 2. The zero-order valence-electron chi connectivity index (χ0n) is 7.71. The molecule has 2 aliphatic rings. The lowest BCUT2D eigenvalue weighted by molar-refractivity contribution is 0.0641. The van der Waals surface area contributed by atoms with Crippen LogP contribution in [-0.2, 0) is 4.74 Å². The van der Waals surface area contributed by atoms with Gasteiger partial charge in [-0.05, 0) is 32.6 Å². The summed E-state index contributed by atoms with van der Waals surface area (Å²) in [5.74, 6) is 0.459. The Bertz CT molecular complexity index is 224. The van der Waals surface area contributed by atoms with Crippen molar-refractivity contribution in [2.24, 2.45) is 5.92 Å². The van der Waals surface area contributed by atoms with E-state index in [4.69, 9.17) is 4.74 Å². The van der Waals surface area contributed by atoms with Gasteiger partial charge in [0, 0.05) is 0 Å². The zero-order valence-corrected chi connectivity index (χ0v) is 7.71. The predicted molar refractivity (Wildman–Crippen MR) is 46.8 cm³/mol. The van der Waals surface area contributed by atoms with E-state index in [1.165, 1.54) is 5.57 Å². The largest absolute Gasteiger partial charge is 0.390 e. The molecule has 68 valence electrons. The van der Waals surface area contributed by atoms with Crippen molar-refractivity contribution in [2.45, 2.75) is 44.5 Å². The van der Waals surface area contributed by atoms with Crippen LogP contribution in [0.4, 0.5) is 0 Å². The van der Waals surface area contributed by atoms with E-state index in [1.54, 1.807) is 0 Å². The molecule has 0 spiro atoms. The normalized spacial score (nSPS) is 51.4. The monoisotopic (exact) mass is 168 g/mol. The number of hydrogen-bond donors (Lipinski definition) is 1. The second kappa shape index (κ2) is 2.33. The van der Waals surface area contributed by atoms with Crippen molar-refractivity contribution < 1.29 is 9.84 Å². The van der Waals surface area contributed by atoms with Gasteiger partial charge in [0.1, 0.15) is 5.60 Å². The first-order chi connectivity index (χ1) is 5.54. The van der Waals surface area contributed by atoms with E-state index in [0.717, 1.165) is 12.8 Å². The summed E-state index contributed by atoms with van der Waals surface area (Å²) in [6.45, 7) is 7.95. The first kappa shape index (κ1) is 8.27. The highest BCUT2D eigenvalue weighted by molar-refractivity contribution is 5.14. The Morgan fingerprint density at radius 2 is 2.25 bits per heavy atom. The van der Waals surface area contributed by atoms with Crippen LogP contribution in [0, 0.1) is 5.92 Å². The van der Waals surface area contributed by atoms with Crippen LogP contribution in [0.2, 0.25) is 0 Å². The van der Waals surface area contributed by atoms with Gasteiger partial charge in [-0.2, -0.15) is 0 Å². The fraction of sp³-hybridized carbons (Fsp3) is 0.800. The maximum Gasteiger partial charge on any atom is 0.118 e. The molecule has 0 aromatic rings. The molecule has 0 aromatic heterocycles. The van der Waals surface area contributed by atoms with Crippen molar-refractivity contribution in [1.29, 1.82) is 0 Å². The number of fused-ring (bicyclic) bond motifs is 1. The third-order valence-electron chi connectivity index (χ3n) is 3.34. The van der Waals surface area contributed by atoms with E-state index in [0.29, 0.717) is 5.92 Å². The van der Waals surface area contributed by atoms with E-state index >= 15 is 0 Å². The lowest BCUT2D eigenvalue weighted by Crippen LogP contribution is -2.36.